The number of allylic oxidation sites excluding steroid dienone is 1. The van der Waals surface area contributed by atoms with Gasteiger partial charge in [0, 0.05) is 0 Å². The van der Waals surface area contributed by atoms with Crippen molar-refractivity contribution in [3.8, 4) is 0 Å². The standard InChI is InChI=1S/C22H41O14P/c1-2-3-4-5-6-7-8-9-10-32-37(30,31)36-22-19(29)17(27)20(14(12-24)34-22)35-21-18(28)16(26)15(25)13(11-23)33-21/h2,13-29H,1,3-12H2,(H,30,31)/p-1/t13-,14-,15+,16+,17+,18-,19+,20-,21+,22-/m1/s1. The molecule has 0 aliphatic carbocycles. The maximum Gasteiger partial charge on any atom is 0.270 e. The molecule has 11 atom stereocenters. The summed E-state index contributed by atoms with van der Waals surface area (Å²) in [5.74, 6) is 0. The van der Waals surface area contributed by atoms with Gasteiger partial charge in [-0.3, -0.25) is 9.09 Å². The first-order chi connectivity index (χ1) is 17.6. The fourth-order valence-electron chi connectivity index (χ4n) is 4.07. The van der Waals surface area contributed by atoms with E-state index in [1.807, 2.05) is 6.08 Å². The van der Waals surface area contributed by atoms with Gasteiger partial charge in [-0.05, 0) is 19.3 Å². The van der Waals surface area contributed by atoms with Crippen molar-refractivity contribution in [2.24, 2.45) is 0 Å². The van der Waals surface area contributed by atoms with Crippen molar-refractivity contribution in [1.82, 2.24) is 0 Å². The van der Waals surface area contributed by atoms with Crippen LogP contribution in [0.2, 0.25) is 0 Å². The fourth-order valence-corrected chi connectivity index (χ4v) is 4.92. The summed E-state index contributed by atoms with van der Waals surface area (Å²) in [5, 5.41) is 69.8. The highest BCUT2D eigenvalue weighted by molar-refractivity contribution is 7.45. The molecular formula is C22H40O14P-. The van der Waals surface area contributed by atoms with Gasteiger partial charge in [-0.1, -0.05) is 31.8 Å². The van der Waals surface area contributed by atoms with Gasteiger partial charge < -0.3 is 59.4 Å². The molecule has 2 saturated heterocycles. The Bertz CT molecular complexity index is 709. The van der Waals surface area contributed by atoms with Crippen LogP contribution < -0.4 is 4.89 Å². The molecule has 2 fully saturated rings. The predicted molar refractivity (Wildman–Crippen MR) is 124 cm³/mol. The van der Waals surface area contributed by atoms with Gasteiger partial charge >= 0.3 is 0 Å². The van der Waals surface area contributed by atoms with Crippen LogP contribution in [0.4, 0.5) is 0 Å². The number of aliphatic hydroxyl groups excluding tert-OH is 7. The third kappa shape index (κ3) is 9.55. The summed E-state index contributed by atoms with van der Waals surface area (Å²) in [6.45, 7) is 1.95. The van der Waals surface area contributed by atoms with Crippen LogP contribution in [0.1, 0.15) is 44.9 Å². The van der Waals surface area contributed by atoms with E-state index in [0.29, 0.717) is 6.42 Å². The summed E-state index contributed by atoms with van der Waals surface area (Å²) in [5.41, 5.74) is 0. The number of unbranched alkanes of at least 4 members (excludes halogenated alkanes) is 6. The minimum Gasteiger partial charge on any atom is -0.756 e. The van der Waals surface area contributed by atoms with Crippen molar-refractivity contribution in [2.75, 3.05) is 19.8 Å². The molecule has 0 bridgehead atoms. The van der Waals surface area contributed by atoms with Gasteiger partial charge in [0.1, 0.15) is 48.8 Å². The lowest BCUT2D eigenvalue weighted by Crippen LogP contribution is -2.64. The highest BCUT2D eigenvalue weighted by Gasteiger charge is 2.51. The van der Waals surface area contributed by atoms with Gasteiger partial charge in [-0.25, -0.2) is 0 Å². The SMILES string of the molecule is C=CCCCCCCCCOP(=O)([O-])O[C@H]1O[C@H](CO)[C@@H](O[C@@H]2O[C@H](CO)[C@H](O)[C@H](O)[C@H]2O)[C@@H](O)[C@@H]1O. The highest BCUT2D eigenvalue weighted by Crippen LogP contribution is 2.43. The summed E-state index contributed by atoms with van der Waals surface area (Å²) in [4.78, 5) is 12.2. The van der Waals surface area contributed by atoms with Crippen LogP contribution in [0.15, 0.2) is 12.7 Å². The number of hydrogen-bond acceptors (Lipinski definition) is 14. The van der Waals surface area contributed by atoms with Crippen LogP contribution in [0.3, 0.4) is 0 Å². The lowest BCUT2D eigenvalue weighted by atomic mass is 9.97. The minimum absolute atomic E-state index is 0.148. The number of rotatable bonds is 16. The maximum absolute atomic E-state index is 12.2. The normalized spacial score (nSPS) is 38.3. The van der Waals surface area contributed by atoms with Crippen LogP contribution in [-0.2, 0) is 27.8 Å². The van der Waals surface area contributed by atoms with Crippen molar-refractivity contribution >= 4 is 7.82 Å². The molecule has 0 aromatic heterocycles. The molecule has 0 saturated carbocycles. The van der Waals surface area contributed by atoms with Crippen LogP contribution in [0, 0.1) is 0 Å². The largest absolute Gasteiger partial charge is 0.756 e. The summed E-state index contributed by atoms with van der Waals surface area (Å²) >= 11 is 0. The molecule has 2 aliphatic heterocycles. The van der Waals surface area contributed by atoms with E-state index in [2.05, 4.69) is 6.58 Å². The van der Waals surface area contributed by atoms with Crippen LogP contribution in [0.25, 0.3) is 0 Å². The van der Waals surface area contributed by atoms with Gasteiger partial charge in [0.15, 0.2) is 12.6 Å². The first-order valence-electron chi connectivity index (χ1n) is 12.4. The van der Waals surface area contributed by atoms with Crippen LogP contribution in [0.5, 0.6) is 0 Å². The summed E-state index contributed by atoms with van der Waals surface area (Å²) in [7, 11) is -4.96. The monoisotopic (exact) mass is 559 g/mol. The quantitative estimate of drug-likeness (QED) is 0.0618. The van der Waals surface area contributed by atoms with Crippen molar-refractivity contribution in [2.45, 2.75) is 106 Å². The Kier molecular flexibility index (Phi) is 14.0. The Morgan fingerprint density at radius 1 is 0.784 bits per heavy atom. The van der Waals surface area contributed by atoms with Crippen LogP contribution in [-0.4, -0.2) is 117 Å². The second-order valence-electron chi connectivity index (χ2n) is 9.09. The van der Waals surface area contributed by atoms with Gasteiger partial charge in [-0.2, -0.15) is 0 Å². The van der Waals surface area contributed by atoms with E-state index in [0.717, 1.165) is 38.5 Å². The Morgan fingerprint density at radius 3 is 1.97 bits per heavy atom. The predicted octanol–water partition coefficient (Wildman–Crippen LogP) is -1.97. The van der Waals surface area contributed by atoms with E-state index in [9.17, 15) is 45.2 Å². The number of aliphatic hydroxyl groups is 7. The molecule has 37 heavy (non-hydrogen) atoms. The molecule has 218 valence electrons. The lowest BCUT2D eigenvalue weighted by molar-refractivity contribution is -0.357. The van der Waals surface area contributed by atoms with E-state index in [-0.39, 0.29) is 6.61 Å². The van der Waals surface area contributed by atoms with E-state index in [4.69, 9.17) is 23.3 Å². The maximum atomic E-state index is 12.2. The van der Waals surface area contributed by atoms with Crippen molar-refractivity contribution in [3.05, 3.63) is 12.7 Å². The van der Waals surface area contributed by atoms with Crippen molar-refractivity contribution in [3.63, 3.8) is 0 Å². The smallest absolute Gasteiger partial charge is 0.270 e. The Morgan fingerprint density at radius 2 is 1.35 bits per heavy atom. The molecule has 0 aromatic rings. The number of ether oxygens (including phenoxy) is 3. The van der Waals surface area contributed by atoms with Crippen molar-refractivity contribution < 1.29 is 68.5 Å². The molecule has 0 amide bonds. The average molecular weight is 560 g/mol. The Hall–Kier alpha value is -0.550. The molecule has 1 unspecified atom stereocenters. The van der Waals surface area contributed by atoms with Crippen LogP contribution >= 0.6 is 7.82 Å². The average Bonchev–Trinajstić information content (AvgIpc) is 2.87. The third-order valence-electron chi connectivity index (χ3n) is 6.25. The molecule has 15 heteroatoms. The number of phosphoric ester groups is 1. The zero-order valence-electron chi connectivity index (χ0n) is 20.6. The molecule has 0 spiro atoms. The van der Waals surface area contributed by atoms with Gasteiger partial charge in [0.25, 0.3) is 7.82 Å². The molecule has 7 N–H and O–H groups in total. The molecule has 2 rings (SSSR count). The molecule has 2 heterocycles. The number of phosphoric acid groups is 1. The topological polar surface area (TPSA) is 228 Å². The van der Waals surface area contributed by atoms with E-state index in [1.54, 1.807) is 0 Å². The van der Waals surface area contributed by atoms with Gasteiger partial charge in [0.05, 0.1) is 19.8 Å². The lowest BCUT2D eigenvalue weighted by Gasteiger charge is -2.46. The Labute approximate surface area is 215 Å². The second-order valence-corrected chi connectivity index (χ2v) is 10.5. The van der Waals surface area contributed by atoms with E-state index in [1.165, 1.54) is 0 Å². The second kappa shape index (κ2) is 15.9. The highest BCUT2D eigenvalue weighted by atomic mass is 31.2. The summed E-state index contributed by atoms with van der Waals surface area (Å²) in [6.07, 6.45) is -9.05. The minimum atomic E-state index is -4.96. The van der Waals surface area contributed by atoms with Crippen molar-refractivity contribution in [1.29, 1.82) is 0 Å². The molecule has 14 nitrogen and oxygen atoms in total. The third-order valence-corrected chi connectivity index (χ3v) is 7.21. The summed E-state index contributed by atoms with van der Waals surface area (Å²) < 4.78 is 37.7. The first-order valence-corrected chi connectivity index (χ1v) is 13.9. The van der Waals surface area contributed by atoms with Gasteiger partial charge in [-0.15, -0.1) is 6.58 Å². The molecule has 0 aromatic carbocycles. The van der Waals surface area contributed by atoms with E-state index < -0.39 is 82.4 Å². The zero-order valence-corrected chi connectivity index (χ0v) is 21.5. The molecule has 2 aliphatic rings. The molecule has 0 radical (unpaired) electrons. The van der Waals surface area contributed by atoms with E-state index >= 15 is 0 Å². The van der Waals surface area contributed by atoms with Gasteiger partial charge in [0.2, 0.25) is 0 Å². The number of hydrogen-bond donors (Lipinski definition) is 7. The first kappa shape index (κ1) is 32.7. The zero-order chi connectivity index (χ0) is 27.6. The molecular weight excluding hydrogens is 519 g/mol. The summed E-state index contributed by atoms with van der Waals surface area (Å²) in [6, 6.07) is 0. The fraction of sp³-hybridized carbons (Fsp3) is 0.909. The Balaban J connectivity index is 1.87.